The number of anilines is 1. The van der Waals surface area contributed by atoms with Gasteiger partial charge in [0.1, 0.15) is 6.54 Å². The summed E-state index contributed by atoms with van der Waals surface area (Å²) < 4.78 is 65.7. The van der Waals surface area contributed by atoms with Crippen LogP contribution in [0.3, 0.4) is 0 Å². The van der Waals surface area contributed by atoms with E-state index in [2.05, 4.69) is 5.32 Å². The normalized spacial score (nSPS) is 12.1. The summed E-state index contributed by atoms with van der Waals surface area (Å²) in [7, 11) is -4.24. The minimum absolute atomic E-state index is 0.125. The molecule has 2 rings (SSSR count). The number of amides is 1. The third-order valence-corrected chi connectivity index (χ3v) is 5.32. The molecule has 0 fully saturated rings. The standard InChI is InChI=1S/C18H19F3N2O3S/c1-13(2)22-17(24)12-23(27(25,26)16-9-4-3-5-10-16)15-8-6-7-14(11-15)18(19,20)21/h3-11,13H,12H2,1-2H3,(H,22,24). The van der Waals surface area contributed by atoms with Crippen LogP contribution in [-0.4, -0.2) is 26.9 Å². The first-order chi connectivity index (χ1) is 12.5. The highest BCUT2D eigenvalue weighted by Crippen LogP contribution is 2.33. The number of nitrogens with one attached hydrogen (secondary N) is 1. The summed E-state index contributed by atoms with van der Waals surface area (Å²) in [6, 6.07) is 10.8. The Kier molecular flexibility index (Phi) is 6.15. The minimum atomic E-state index is -4.64. The number of hydrogen-bond donors (Lipinski definition) is 1. The molecule has 0 unspecified atom stereocenters. The van der Waals surface area contributed by atoms with Gasteiger partial charge < -0.3 is 5.32 Å². The second-order valence-corrected chi connectivity index (χ2v) is 7.96. The molecular weight excluding hydrogens is 381 g/mol. The fraction of sp³-hybridized carbons (Fsp3) is 0.278. The van der Waals surface area contributed by atoms with Gasteiger partial charge in [0, 0.05) is 6.04 Å². The van der Waals surface area contributed by atoms with Crippen LogP contribution >= 0.6 is 0 Å². The molecule has 2 aromatic rings. The van der Waals surface area contributed by atoms with Gasteiger partial charge in [-0.05, 0) is 44.2 Å². The van der Waals surface area contributed by atoms with E-state index in [1.807, 2.05) is 0 Å². The molecule has 0 saturated heterocycles. The summed E-state index contributed by atoms with van der Waals surface area (Å²) in [6.45, 7) is 2.74. The van der Waals surface area contributed by atoms with Gasteiger partial charge in [-0.2, -0.15) is 13.2 Å². The van der Waals surface area contributed by atoms with Crippen LogP contribution in [0.1, 0.15) is 19.4 Å². The van der Waals surface area contributed by atoms with Gasteiger partial charge in [0.25, 0.3) is 10.0 Å². The van der Waals surface area contributed by atoms with Crippen molar-refractivity contribution in [3.63, 3.8) is 0 Å². The highest BCUT2D eigenvalue weighted by atomic mass is 32.2. The van der Waals surface area contributed by atoms with Crippen molar-refractivity contribution in [2.24, 2.45) is 0 Å². The van der Waals surface area contributed by atoms with Crippen LogP contribution in [0.15, 0.2) is 59.5 Å². The Bertz CT molecular complexity index is 898. The van der Waals surface area contributed by atoms with Gasteiger partial charge in [0.15, 0.2) is 0 Å². The molecule has 2 aromatic carbocycles. The summed E-state index contributed by atoms with van der Waals surface area (Å²) in [6.07, 6.45) is -4.64. The number of alkyl halides is 3. The lowest BCUT2D eigenvalue weighted by Crippen LogP contribution is -2.43. The number of benzene rings is 2. The Morgan fingerprint density at radius 1 is 1.07 bits per heavy atom. The molecule has 27 heavy (non-hydrogen) atoms. The lowest BCUT2D eigenvalue weighted by molar-refractivity contribution is -0.137. The topological polar surface area (TPSA) is 66.5 Å². The van der Waals surface area contributed by atoms with Crippen molar-refractivity contribution in [3.05, 3.63) is 60.2 Å². The monoisotopic (exact) mass is 400 g/mol. The molecule has 0 heterocycles. The predicted molar refractivity (Wildman–Crippen MR) is 95.7 cm³/mol. The Morgan fingerprint density at radius 3 is 2.26 bits per heavy atom. The van der Waals surface area contributed by atoms with Crippen LogP contribution < -0.4 is 9.62 Å². The minimum Gasteiger partial charge on any atom is -0.352 e. The number of nitrogens with zero attached hydrogens (tertiary/aromatic N) is 1. The lowest BCUT2D eigenvalue weighted by atomic mass is 10.2. The molecule has 0 spiro atoms. The van der Waals surface area contributed by atoms with E-state index in [9.17, 15) is 26.4 Å². The molecule has 0 aliphatic rings. The van der Waals surface area contributed by atoms with Crippen LogP contribution in [0.25, 0.3) is 0 Å². The van der Waals surface area contributed by atoms with Crippen molar-refractivity contribution in [1.29, 1.82) is 0 Å². The predicted octanol–water partition coefficient (Wildman–Crippen LogP) is 3.43. The molecule has 1 N–H and O–H groups in total. The van der Waals surface area contributed by atoms with Crippen LogP contribution in [-0.2, 0) is 21.0 Å². The molecule has 1 amide bonds. The molecule has 0 radical (unpaired) electrons. The molecule has 0 aliphatic heterocycles. The zero-order valence-electron chi connectivity index (χ0n) is 14.7. The largest absolute Gasteiger partial charge is 0.416 e. The lowest BCUT2D eigenvalue weighted by Gasteiger charge is -2.25. The summed E-state index contributed by atoms with van der Waals surface area (Å²) in [5.74, 6) is -0.623. The number of carbonyl (C=O) groups excluding carboxylic acids is 1. The molecule has 0 aliphatic carbocycles. The van der Waals surface area contributed by atoms with Gasteiger partial charge >= 0.3 is 6.18 Å². The maximum absolute atomic E-state index is 13.0. The molecule has 5 nitrogen and oxygen atoms in total. The van der Waals surface area contributed by atoms with Crippen molar-refractivity contribution in [3.8, 4) is 0 Å². The van der Waals surface area contributed by atoms with Crippen molar-refractivity contribution in [2.45, 2.75) is 31.0 Å². The average Bonchev–Trinajstić information content (AvgIpc) is 2.59. The Balaban J connectivity index is 2.52. The Labute approximate surface area is 155 Å². The first-order valence-corrected chi connectivity index (χ1v) is 9.50. The van der Waals surface area contributed by atoms with Crippen molar-refractivity contribution < 1.29 is 26.4 Å². The van der Waals surface area contributed by atoms with E-state index in [1.54, 1.807) is 19.9 Å². The first-order valence-electron chi connectivity index (χ1n) is 8.06. The fourth-order valence-electron chi connectivity index (χ4n) is 2.37. The summed E-state index contributed by atoms with van der Waals surface area (Å²) in [4.78, 5) is 12.0. The highest BCUT2D eigenvalue weighted by Gasteiger charge is 2.33. The van der Waals surface area contributed by atoms with E-state index in [4.69, 9.17) is 0 Å². The molecule has 0 saturated carbocycles. The van der Waals surface area contributed by atoms with Gasteiger partial charge in [-0.15, -0.1) is 0 Å². The number of hydrogen-bond acceptors (Lipinski definition) is 3. The zero-order chi connectivity index (χ0) is 20.2. The maximum atomic E-state index is 13.0. The van der Waals surface area contributed by atoms with Crippen LogP contribution in [0, 0.1) is 0 Å². The van der Waals surface area contributed by atoms with Crippen LogP contribution in [0.4, 0.5) is 18.9 Å². The molecular formula is C18H19F3N2O3S. The second kappa shape index (κ2) is 7.99. The van der Waals surface area contributed by atoms with Gasteiger partial charge in [0.05, 0.1) is 16.1 Å². The van der Waals surface area contributed by atoms with Gasteiger partial charge in [-0.1, -0.05) is 24.3 Å². The second-order valence-electron chi connectivity index (χ2n) is 6.10. The molecule has 0 bridgehead atoms. The van der Waals surface area contributed by atoms with Crippen LogP contribution in [0.5, 0.6) is 0 Å². The van der Waals surface area contributed by atoms with E-state index in [1.165, 1.54) is 30.3 Å². The number of sulfonamides is 1. The van der Waals surface area contributed by atoms with Gasteiger partial charge in [-0.25, -0.2) is 8.42 Å². The zero-order valence-corrected chi connectivity index (χ0v) is 15.5. The third kappa shape index (κ3) is 5.22. The van der Waals surface area contributed by atoms with E-state index < -0.39 is 34.2 Å². The summed E-state index contributed by atoms with van der Waals surface area (Å²) >= 11 is 0. The Morgan fingerprint density at radius 2 is 1.70 bits per heavy atom. The van der Waals surface area contributed by atoms with E-state index in [-0.39, 0.29) is 16.6 Å². The quantitative estimate of drug-likeness (QED) is 0.808. The number of carbonyl (C=O) groups is 1. The van der Waals surface area contributed by atoms with Gasteiger partial charge in [0.2, 0.25) is 5.91 Å². The molecule has 9 heteroatoms. The summed E-state index contributed by atoms with van der Waals surface area (Å²) in [5.41, 5.74) is -1.25. The van der Waals surface area contributed by atoms with Crippen LogP contribution in [0.2, 0.25) is 0 Å². The number of halogens is 3. The Hall–Kier alpha value is -2.55. The maximum Gasteiger partial charge on any atom is 0.416 e. The number of rotatable bonds is 6. The van der Waals surface area contributed by atoms with E-state index in [0.717, 1.165) is 12.1 Å². The SMILES string of the molecule is CC(C)NC(=O)CN(c1cccc(C(F)(F)F)c1)S(=O)(=O)c1ccccc1. The highest BCUT2D eigenvalue weighted by molar-refractivity contribution is 7.92. The van der Waals surface area contributed by atoms with Crippen molar-refractivity contribution >= 4 is 21.6 Å². The fourth-order valence-corrected chi connectivity index (χ4v) is 3.80. The average molecular weight is 400 g/mol. The van der Waals surface area contributed by atoms with E-state index >= 15 is 0 Å². The van der Waals surface area contributed by atoms with E-state index in [0.29, 0.717) is 10.4 Å². The van der Waals surface area contributed by atoms with Crippen molar-refractivity contribution in [2.75, 3.05) is 10.8 Å². The third-order valence-electron chi connectivity index (χ3n) is 3.53. The van der Waals surface area contributed by atoms with Gasteiger partial charge in [-0.3, -0.25) is 9.10 Å². The summed E-state index contributed by atoms with van der Waals surface area (Å²) in [5, 5.41) is 2.54. The molecule has 0 aromatic heterocycles. The smallest absolute Gasteiger partial charge is 0.352 e. The molecule has 0 atom stereocenters. The first kappa shape index (κ1) is 20.8. The van der Waals surface area contributed by atoms with Crippen molar-refractivity contribution in [1.82, 2.24) is 5.32 Å². The molecule has 146 valence electrons.